The number of amides is 4. The molecule has 4 aliphatic rings. The largest absolute Gasteiger partial charge is 0.508 e. The maximum atomic E-state index is 14.9. The molecule has 2 aliphatic carbocycles. The van der Waals surface area contributed by atoms with Gasteiger partial charge in [0.25, 0.3) is 11.8 Å². The molecule has 2 saturated heterocycles. The third-order valence-corrected chi connectivity index (χ3v) is 10.1. The van der Waals surface area contributed by atoms with Crippen molar-refractivity contribution in [3.05, 3.63) is 70.6 Å². The number of hydrogen-bond donors (Lipinski definition) is 1. The number of allylic oxidation sites excluding steroid dienone is 2. The molecule has 2 aromatic rings. The number of carbonyl (C=O) groups is 4. The molecule has 4 amide bonds. The van der Waals surface area contributed by atoms with Gasteiger partial charge >= 0.3 is 0 Å². The number of para-hydroxylation sites is 1. The zero-order valence-electron chi connectivity index (χ0n) is 20.7. The summed E-state index contributed by atoms with van der Waals surface area (Å²) in [7, 11) is 1.28. The minimum atomic E-state index is -2.67. The van der Waals surface area contributed by atoms with Gasteiger partial charge in [-0.3, -0.25) is 24.1 Å². The molecule has 14 heteroatoms. The fourth-order valence-corrected chi connectivity index (χ4v) is 7.73. The quantitative estimate of drug-likeness (QED) is 0.136. The summed E-state index contributed by atoms with van der Waals surface area (Å²) < 4.78 is 72.0. The number of carbonyl (C=O) groups excluding carboxylic acids is 4. The smallest absolute Gasteiger partial charge is 0.258 e. The normalized spacial score (nSPS) is 32.7. The van der Waals surface area contributed by atoms with Crippen LogP contribution in [0.3, 0.4) is 0 Å². The van der Waals surface area contributed by atoms with E-state index in [0.29, 0.717) is 0 Å². The molecule has 3 fully saturated rings. The van der Waals surface area contributed by atoms with Crippen LogP contribution in [0.15, 0.2) is 35.9 Å². The summed E-state index contributed by atoms with van der Waals surface area (Å²) in [6.07, 6.45) is 0.979. The second-order valence-electron chi connectivity index (χ2n) is 10.5. The highest BCUT2D eigenvalue weighted by Gasteiger charge is 2.77. The summed E-state index contributed by atoms with van der Waals surface area (Å²) in [5.74, 6) is -21.4. The molecule has 2 aliphatic heterocycles. The van der Waals surface area contributed by atoms with Crippen LogP contribution in [0.25, 0.3) is 0 Å². The Hall–Kier alpha value is -3.51. The van der Waals surface area contributed by atoms with Gasteiger partial charge in [0.15, 0.2) is 33.0 Å². The molecule has 0 radical (unpaired) electrons. The van der Waals surface area contributed by atoms with E-state index in [1.807, 2.05) is 0 Å². The highest BCUT2D eigenvalue weighted by atomic mass is 35.5. The number of aromatic hydroxyl groups is 1. The predicted molar refractivity (Wildman–Crippen MR) is 132 cm³/mol. The Balaban J connectivity index is 1.62. The molecule has 2 aromatic carbocycles. The van der Waals surface area contributed by atoms with Crippen molar-refractivity contribution in [2.45, 2.75) is 28.5 Å². The van der Waals surface area contributed by atoms with E-state index in [1.165, 1.54) is 31.3 Å². The first-order valence-electron chi connectivity index (χ1n) is 12.3. The van der Waals surface area contributed by atoms with Crippen LogP contribution in [0.4, 0.5) is 27.6 Å². The lowest BCUT2D eigenvalue weighted by Gasteiger charge is -2.50. The second-order valence-corrected chi connectivity index (χ2v) is 11.7. The van der Waals surface area contributed by atoms with E-state index < -0.39 is 104 Å². The summed E-state index contributed by atoms with van der Waals surface area (Å²) >= 11 is 13.9. The van der Waals surface area contributed by atoms with E-state index in [0.717, 1.165) is 4.90 Å². The topological polar surface area (TPSA) is 95.0 Å². The number of hydrogen-bond acceptors (Lipinski definition) is 5. The van der Waals surface area contributed by atoms with Crippen molar-refractivity contribution in [3.63, 3.8) is 0 Å². The molecule has 1 saturated carbocycles. The molecule has 0 aromatic heterocycles. The Kier molecular flexibility index (Phi) is 5.90. The summed E-state index contributed by atoms with van der Waals surface area (Å²) in [6.45, 7) is 0. The fraction of sp³-hybridized carbons (Fsp3) is 0.333. The number of fused-ring (bicyclic) bond motifs is 4. The SMILES string of the molecule is CN1C(=O)[C@H]2[C@H](CC=C3[C@H]2C[C@@]2(Cl)C(=O)N(c4c(F)c(F)c(F)c(F)c4F)C(=O)[C@@]2(Cl)[C@H]3c2ccccc2O)C1=O. The molecule has 2 heterocycles. The van der Waals surface area contributed by atoms with Gasteiger partial charge in [0.1, 0.15) is 11.4 Å². The number of rotatable bonds is 2. The van der Waals surface area contributed by atoms with E-state index in [9.17, 15) is 46.2 Å². The third kappa shape index (κ3) is 3.20. The summed E-state index contributed by atoms with van der Waals surface area (Å²) in [6, 6.07) is 5.49. The molecule has 6 atom stereocenters. The van der Waals surface area contributed by atoms with Crippen LogP contribution >= 0.6 is 23.2 Å². The number of imide groups is 2. The molecular weight excluding hydrogens is 598 g/mol. The van der Waals surface area contributed by atoms with E-state index in [1.54, 1.807) is 6.08 Å². The summed E-state index contributed by atoms with van der Waals surface area (Å²) in [5, 5.41) is 10.8. The van der Waals surface area contributed by atoms with Gasteiger partial charge in [-0.1, -0.05) is 29.8 Å². The average Bonchev–Trinajstić information content (AvgIpc) is 3.25. The van der Waals surface area contributed by atoms with Crippen LogP contribution in [0.5, 0.6) is 5.75 Å². The number of likely N-dealkylation sites (tertiary alicyclic amines) is 1. The monoisotopic (exact) mass is 614 g/mol. The molecule has 0 bridgehead atoms. The van der Waals surface area contributed by atoms with Gasteiger partial charge in [-0.2, -0.15) is 0 Å². The Labute approximate surface area is 238 Å². The molecular formula is C27H17Cl2F5N2O5. The van der Waals surface area contributed by atoms with Crippen molar-refractivity contribution in [2.75, 3.05) is 11.9 Å². The summed E-state index contributed by atoms with van der Waals surface area (Å²) in [4.78, 5) is 49.3. The van der Waals surface area contributed by atoms with Gasteiger partial charge in [-0.05, 0) is 24.8 Å². The van der Waals surface area contributed by atoms with Crippen molar-refractivity contribution in [2.24, 2.45) is 17.8 Å². The first kappa shape index (κ1) is 27.6. The average molecular weight is 615 g/mol. The Morgan fingerprint density at radius 2 is 1.44 bits per heavy atom. The van der Waals surface area contributed by atoms with E-state index >= 15 is 0 Å². The summed E-state index contributed by atoms with van der Waals surface area (Å²) in [5.41, 5.74) is -1.65. The van der Waals surface area contributed by atoms with Gasteiger partial charge in [0.2, 0.25) is 17.6 Å². The lowest BCUT2D eigenvalue weighted by atomic mass is 9.56. The second kappa shape index (κ2) is 8.75. The van der Waals surface area contributed by atoms with Gasteiger partial charge < -0.3 is 5.11 Å². The number of halogens is 7. The number of phenolic OH excluding ortho intramolecular Hbond substituents is 1. The van der Waals surface area contributed by atoms with Crippen LogP contribution in [0, 0.1) is 46.8 Å². The Morgan fingerprint density at radius 1 is 0.854 bits per heavy atom. The molecule has 41 heavy (non-hydrogen) atoms. The van der Waals surface area contributed by atoms with E-state index in [2.05, 4.69) is 0 Å². The van der Waals surface area contributed by atoms with Gasteiger partial charge in [-0.25, -0.2) is 26.9 Å². The minimum absolute atomic E-state index is 0.0290. The number of phenols is 1. The van der Waals surface area contributed by atoms with Gasteiger partial charge in [-0.15, -0.1) is 23.2 Å². The number of benzene rings is 2. The number of nitrogens with zero attached hydrogens (tertiary/aromatic N) is 2. The first-order valence-corrected chi connectivity index (χ1v) is 13.0. The van der Waals surface area contributed by atoms with Crippen molar-refractivity contribution in [3.8, 4) is 5.75 Å². The molecule has 0 unspecified atom stereocenters. The Morgan fingerprint density at radius 3 is 2.05 bits per heavy atom. The predicted octanol–water partition coefficient (Wildman–Crippen LogP) is 4.28. The molecule has 7 nitrogen and oxygen atoms in total. The van der Waals surface area contributed by atoms with Crippen molar-refractivity contribution in [1.29, 1.82) is 0 Å². The fourth-order valence-electron chi connectivity index (χ4n) is 6.80. The lowest BCUT2D eigenvalue weighted by Crippen LogP contribution is -2.60. The van der Waals surface area contributed by atoms with E-state index in [-0.39, 0.29) is 22.5 Å². The minimum Gasteiger partial charge on any atom is -0.508 e. The Bertz CT molecular complexity index is 1620. The number of anilines is 1. The molecule has 214 valence electrons. The van der Waals surface area contributed by atoms with Gasteiger partial charge in [0, 0.05) is 18.5 Å². The molecule has 0 spiro atoms. The van der Waals surface area contributed by atoms with E-state index in [4.69, 9.17) is 23.2 Å². The van der Waals surface area contributed by atoms with Crippen LogP contribution in [-0.4, -0.2) is 50.4 Å². The maximum absolute atomic E-state index is 14.9. The molecule has 1 N–H and O–H groups in total. The lowest BCUT2D eigenvalue weighted by molar-refractivity contribution is -0.138. The van der Waals surface area contributed by atoms with Crippen molar-refractivity contribution in [1.82, 2.24) is 4.90 Å². The van der Waals surface area contributed by atoms with Crippen molar-refractivity contribution < 1.29 is 46.2 Å². The standard InChI is InChI=1S/C27H17Cl2F5N2O5/c1-35-22(38)11-7-6-9-12(14(11)23(35)39)8-26(28)24(40)36(21-19(33)17(31)16(30)18(32)20(21)34)25(41)27(26,29)15(9)10-4-2-3-5-13(10)37/h2-6,11-12,14-15,37H,7-8H2,1H3/t11-,12+,14-,15+,26+,27-/m0/s1. The van der Waals surface area contributed by atoms with Crippen LogP contribution < -0.4 is 4.90 Å². The first-order chi connectivity index (χ1) is 19.2. The van der Waals surface area contributed by atoms with Crippen molar-refractivity contribution >= 4 is 52.5 Å². The number of alkyl halides is 2. The van der Waals surface area contributed by atoms with Gasteiger partial charge in [0.05, 0.1) is 11.8 Å². The highest BCUT2D eigenvalue weighted by molar-refractivity contribution is 6.58. The molecule has 6 rings (SSSR count). The zero-order chi connectivity index (χ0) is 29.9. The third-order valence-electron chi connectivity index (χ3n) is 8.69. The van der Waals surface area contributed by atoms with Crippen LogP contribution in [-0.2, 0) is 19.2 Å². The highest BCUT2D eigenvalue weighted by Crippen LogP contribution is 2.66. The zero-order valence-corrected chi connectivity index (χ0v) is 22.2. The van der Waals surface area contributed by atoms with Crippen LogP contribution in [0.1, 0.15) is 24.3 Å². The van der Waals surface area contributed by atoms with Crippen LogP contribution in [0.2, 0.25) is 0 Å². The maximum Gasteiger partial charge on any atom is 0.258 e.